The summed E-state index contributed by atoms with van der Waals surface area (Å²) < 4.78 is 4.84. The average Bonchev–Trinajstić information content (AvgIpc) is 2.30. The molecular weight excluding hydrogens is 230 g/mol. The first-order valence-corrected chi connectivity index (χ1v) is 5.73. The second kappa shape index (κ2) is 6.55. The number of esters is 1. The number of Topliss-reactive ketones (excluding diaryl/α,β-unsaturated/α-hetero) is 1. The fourth-order valence-corrected chi connectivity index (χ4v) is 1.65. The highest BCUT2D eigenvalue weighted by Gasteiger charge is 2.10. The summed E-state index contributed by atoms with van der Waals surface area (Å²) in [4.78, 5) is 22.4. The Morgan fingerprint density at radius 2 is 2.06 bits per heavy atom. The first-order chi connectivity index (χ1) is 8.56. The summed E-state index contributed by atoms with van der Waals surface area (Å²) in [6.45, 7) is 3.56. The van der Waals surface area contributed by atoms with Gasteiger partial charge < -0.3 is 4.74 Å². The normalized spacial score (nSPS) is 9.61. The van der Waals surface area contributed by atoms with Gasteiger partial charge >= 0.3 is 5.97 Å². The number of rotatable bonds is 5. The van der Waals surface area contributed by atoms with Crippen molar-refractivity contribution in [2.24, 2.45) is 0 Å². The predicted molar refractivity (Wildman–Crippen MR) is 65.9 cm³/mol. The summed E-state index contributed by atoms with van der Waals surface area (Å²) in [5.74, 6) is -0.314. The van der Waals surface area contributed by atoms with Gasteiger partial charge in [0.2, 0.25) is 0 Å². The molecule has 0 spiro atoms. The van der Waals surface area contributed by atoms with Crippen LogP contribution in [0, 0.1) is 11.3 Å². The van der Waals surface area contributed by atoms with Crippen LogP contribution in [0.2, 0.25) is 0 Å². The predicted octanol–water partition coefficient (Wildman–Crippen LogP) is 1.80. The van der Waals surface area contributed by atoms with Crippen molar-refractivity contribution in [3.05, 3.63) is 34.9 Å². The van der Waals surface area contributed by atoms with Crippen LogP contribution in [0.4, 0.5) is 0 Å². The van der Waals surface area contributed by atoms with Crippen LogP contribution in [0.3, 0.4) is 0 Å². The van der Waals surface area contributed by atoms with E-state index in [0.717, 1.165) is 5.56 Å². The third-order valence-corrected chi connectivity index (χ3v) is 2.39. The van der Waals surface area contributed by atoms with E-state index in [1.807, 2.05) is 6.07 Å². The van der Waals surface area contributed by atoms with E-state index in [4.69, 9.17) is 10.00 Å². The summed E-state index contributed by atoms with van der Waals surface area (Å²) in [7, 11) is 0. The van der Waals surface area contributed by atoms with Crippen molar-refractivity contribution >= 4 is 11.8 Å². The Hall–Kier alpha value is -2.15. The molecule has 0 bridgehead atoms. The number of ether oxygens (including phenoxy) is 1. The topological polar surface area (TPSA) is 67.2 Å². The average molecular weight is 245 g/mol. The first-order valence-electron chi connectivity index (χ1n) is 5.73. The van der Waals surface area contributed by atoms with Crippen molar-refractivity contribution in [1.82, 2.24) is 0 Å². The summed E-state index contributed by atoms with van der Waals surface area (Å²) >= 11 is 0. The number of ketones is 1. The molecule has 0 saturated carbocycles. The molecule has 4 nitrogen and oxygen atoms in total. The summed E-state index contributed by atoms with van der Waals surface area (Å²) in [5, 5.41) is 9.03. The lowest BCUT2D eigenvalue weighted by Crippen LogP contribution is -2.09. The van der Waals surface area contributed by atoms with Crippen LogP contribution in [0.1, 0.15) is 30.5 Å². The third kappa shape index (κ3) is 4.02. The number of nitrogens with zero attached hydrogens (tertiary/aromatic N) is 1. The summed E-state index contributed by atoms with van der Waals surface area (Å²) in [6, 6.07) is 7.15. The second-order valence-electron chi connectivity index (χ2n) is 3.96. The monoisotopic (exact) mass is 245 g/mol. The maximum absolute atomic E-state index is 11.4. The zero-order chi connectivity index (χ0) is 13.5. The summed E-state index contributed by atoms with van der Waals surface area (Å²) in [6.07, 6.45) is 0.380. The molecule has 18 heavy (non-hydrogen) atoms. The SMILES string of the molecule is CCOC(=O)Cc1ccc(CC(C)=O)cc1C#N. The molecule has 0 amide bonds. The van der Waals surface area contributed by atoms with E-state index in [2.05, 4.69) is 0 Å². The van der Waals surface area contributed by atoms with Gasteiger partial charge in [-0.15, -0.1) is 0 Å². The molecule has 0 fully saturated rings. The van der Waals surface area contributed by atoms with Gasteiger partial charge in [0.05, 0.1) is 24.7 Å². The van der Waals surface area contributed by atoms with Crippen LogP contribution < -0.4 is 0 Å². The number of carbonyl (C=O) groups is 2. The molecule has 0 radical (unpaired) electrons. The smallest absolute Gasteiger partial charge is 0.310 e. The van der Waals surface area contributed by atoms with Gasteiger partial charge in [-0.25, -0.2) is 0 Å². The lowest BCUT2D eigenvalue weighted by Gasteiger charge is -2.06. The van der Waals surface area contributed by atoms with E-state index in [1.54, 1.807) is 25.1 Å². The minimum atomic E-state index is -0.353. The van der Waals surface area contributed by atoms with E-state index >= 15 is 0 Å². The van der Waals surface area contributed by atoms with Crippen molar-refractivity contribution in [3.8, 4) is 6.07 Å². The highest BCUT2D eigenvalue weighted by molar-refractivity contribution is 5.78. The Labute approximate surface area is 106 Å². The molecule has 0 aromatic heterocycles. The van der Waals surface area contributed by atoms with E-state index < -0.39 is 0 Å². The zero-order valence-corrected chi connectivity index (χ0v) is 10.5. The maximum atomic E-state index is 11.4. The number of nitriles is 1. The molecule has 1 aromatic carbocycles. The number of carbonyl (C=O) groups excluding carboxylic acids is 2. The fraction of sp³-hybridized carbons (Fsp3) is 0.357. The highest BCUT2D eigenvalue weighted by Crippen LogP contribution is 2.13. The molecule has 0 N–H and O–H groups in total. The minimum Gasteiger partial charge on any atom is -0.466 e. The van der Waals surface area contributed by atoms with Gasteiger partial charge in [0.15, 0.2) is 0 Å². The second-order valence-corrected chi connectivity index (χ2v) is 3.96. The van der Waals surface area contributed by atoms with Crippen LogP contribution in [0.25, 0.3) is 0 Å². The Bertz CT molecular complexity index is 500. The molecule has 0 aliphatic rings. The molecule has 0 aliphatic carbocycles. The molecule has 1 aromatic rings. The third-order valence-electron chi connectivity index (χ3n) is 2.39. The molecule has 94 valence electrons. The van der Waals surface area contributed by atoms with E-state index in [1.165, 1.54) is 6.92 Å². The van der Waals surface area contributed by atoms with Crippen molar-refractivity contribution in [2.75, 3.05) is 6.61 Å². The number of benzene rings is 1. The van der Waals surface area contributed by atoms with Crippen LogP contribution >= 0.6 is 0 Å². The Kier molecular flexibility index (Phi) is 5.06. The van der Waals surface area contributed by atoms with Crippen molar-refractivity contribution in [1.29, 1.82) is 5.26 Å². The lowest BCUT2D eigenvalue weighted by molar-refractivity contribution is -0.142. The molecule has 1 rings (SSSR count). The first kappa shape index (κ1) is 13.9. The molecule has 0 saturated heterocycles. The zero-order valence-electron chi connectivity index (χ0n) is 10.5. The van der Waals surface area contributed by atoms with Crippen LogP contribution in [0.15, 0.2) is 18.2 Å². The quantitative estimate of drug-likeness (QED) is 0.742. The molecule has 0 aliphatic heterocycles. The number of hydrogen-bond acceptors (Lipinski definition) is 4. The van der Waals surface area contributed by atoms with Gasteiger partial charge in [0.1, 0.15) is 5.78 Å². The molecule has 0 atom stereocenters. The molecule has 4 heteroatoms. The van der Waals surface area contributed by atoms with E-state index in [0.29, 0.717) is 24.2 Å². The molecule has 0 unspecified atom stereocenters. The van der Waals surface area contributed by atoms with Gasteiger partial charge in [0.25, 0.3) is 0 Å². The minimum absolute atomic E-state index is 0.0389. The van der Waals surface area contributed by atoms with Gasteiger partial charge in [-0.3, -0.25) is 9.59 Å². The summed E-state index contributed by atoms with van der Waals surface area (Å²) in [5.41, 5.74) is 1.83. The standard InChI is InChI=1S/C14H15NO3/c1-3-18-14(17)8-12-5-4-11(6-10(2)16)7-13(12)9-15/h4-5,7H,3,6,8H2,1-2H3. The van der Waals surface area contributed by atoms with Gasteiger partial charge in [-0.1, -0.05) is 12.1 Å². The number of hydrogen-bond donors (Lipinski definition) is 0. The van der Waals surface area contributed by atoms with E-state index in [9.17, 15) is 9.59 Å². The Balaban J connectivity index is 2.90. The van der Waals surface area contributed by atoms with Crippen molar-refractivity contribution < 1.29 is 14.3 Å². The fourth-order valence-electron chi connectivity index (χ4n) is 1.65. The largest absolute Gasteiger partial charge is 0.466 e. The van der Waals surface area contributed by atoms with Crippen LogP contribution in [-0.4, -0.2) is 18.4 Å². The van der Waals surface area contributed by atoms with Crippen LogP contribution in [-0.2, 0) is 27.2 Å². The van der Waals surface area contributed by atoms with Crippen LogP contribution in [0.5, 0.6) is 0 Å². The molecular formula is C14H15NO3. The maximum Gasteiger partial charge on any atom is 0.310 e. The lowest BCUT2D eigenvalue weighted by atomic mass is 10.00. The highest BCUT2D eigenvalue weighted by atomic mass is 16.5. The Morgan fingerprint density at radius 1 is 1.33 bits per heavy atom. The van der Waals surface area contributed by atoms with Gasteiger partial charge in [-0.05, 0) is 31.0 Å². The Morgan fingerprint density at radius 3 is 2.61 bits per heavy atom. The van der Waals surface area contributed by atoms with Gasteiger partial charge in [0, 0.05) is 6.42 Å². The van der Waals surface area contributed by atoms with Crippen molar-refractivity contribution in [2.45, 2.75) is 26.7 Å². The van der Waals surface area contributed by atoms with Crippen molar-refractivity contribution in [3.63, 3.8) is 0 Å². The molecule has 0 heterocycles. The van der Waals surface area contributed by atoms with E-state index in [-0.39, 0.29) is 18.2 Å². The van der Waals surface area contributed by atoms with Gasteiger partial charge in [-0.2, -0.15) is 5.26 Å².